The zero-order valence-corrected chi connectivity index (χ0v) is 36.3. The number of allylic oxidation sites excluding steroid dienone is 1. The summed E-state index contributed by atoms with van der Waals surface area (Å²) >= 11 is 0. The zero-order valence-electron chi connectivity index (χ0n) is 36.3. The van der Waals surface area contributed by atoms with Gasteiger partial charge in [-0.3, -0.25) is 0 Å². The van der Waals surface area contributed by atoms with Crippen LogP contribution in [0.4, 0.5) is 0 Å². The summed E-state index contributed by atoms with van der Waals surface area (Å²) in [5.74, 6) is 3.41. The molecule has 66 heavy (non-hydrogen) atoms. The van der Waals surface area contributed by atoms with Crippen molar-refractivity contribution in [1.29, 1.82) is 0 Å². The van der Waals surface area contributed by atoms with Gasteiger partial charge < -0.3 is 9.47 Å². The second-order valence-corrected chi connectivity index (χ2v) is 17.1. The topological polar surface area (TPSA) is 44.2 Å². The Morgan fingerprint density at radius 2 is 0.955 bits per heavy atom. The molecule has 0 unspecified atom stereocenters. The Kier molecular flexibility index (Phi) is 9.39. The highest BCUT2D eigenvalue weighted by atomic mass is 16.6. The van der Waals surface area contributed by atoms with Crippen LogP contribution >= 0.6 is 0 Å². The van der Waals surface area contributed by atoms with Crippen LogP contribution in [0, 0.1) is 0 Å². The van der Waals surface area contributed by atoms with E-state index in [4.69, 9.17) is 19.4 Å². The fraction of sp³-hybridized carbons (Fsp3) is 0.0323. The van der Waals surface area contributed by atoms with Gasteiger partial charge in [-0.1, -0.05) is 194 Å². The third-order valence-electron chi connectivity index (χ3n) is 13.0. The summed E-state index contributed by atoms with van der Waals surface area (Å²) in [7, 11) is 0. The molecule has 0 radical (unpaired) electrons. The Balaban J connectivity index is 0.949. The van der Waals surface area contributed by atoms with Crippen molar-refractivity contribution in [2.45, 2.75) is 12.3 Å². The zero-order chi connectivity index (χ0) is 44.2. The van der Waals surface area contributed by atoms with Gasteiger partial charge in [-0.2, -0.15) is 0 Å². The number of fused-ring (bicyclic) bond motifs is 6. The predicted octanol–water partition coefficient (Wildman–Crippen LogP) is 16.1. The van der Waals surface area contributed by atoms with E-state index in [0.29, 0.717) is 23.1 Å². The lowest BCUT2D eigenvalue weighted by atomic mass is 9.68. The molecule has 0 N–H and O–H groups in total. The van der Waals surface area contributed by atoms with Gasteiger partial charge in [0.05, 0.1) is 16.8 Å². The maximum atomic E-state index is 7.06. The fourth-order valence-corrected chi connectivity index (χ4v) is 9.89. The minimum Gasteiger partial charge on any atom is -0.449 e. The van der Waals surface area contributed by atoms with E-state index in [9.17, 15) is 0 Å². The normalized spacial score (nSPS) is 12.7. The van der Waals surface area contributed by atoms with Crippen LogP contribution in [0.3, 0.4) is 0 Å². The number of nitrogens with zero attached hydrogens (tertiary/aromatic N) is 2. The van der Waals surface area contributed by atoms with E-state index < -0.39 is 5.41 Å². The molecule has 0 atom stereocenters. The highest BCUT2D eigenvalue weighted by Crippen LogP contribution is 2.62. The number of benzene rings is 9. The van der Waals surface area contributed by atoms with E-state index in [1.807, 2.05) is 19.1 Å². The summed E-state index contributed by atoms with van der Waals surface area (Å²) in [5, 5.41) is 0. The molecule has 4 heteroatoms. The van der Waals surface area contributed by atoms with Crippen molar-refractivity contribution in [3.8, 4) is 90.3 Å². The van der Waals surface area contributed by atoms with Crippen LogP contribution in [0.15, 0.2) is 231 Å². The molecular formula is C62H42N2O2. The quantitative estimate of drug-likeness (QED) is 0.153. The summed E-state index contributed by atoms with van der Waals surface area (Å²) in [5.41, 5.74) is 17.3. The molecule has 2 aliphatic rings. The first kappa shape index (κ1) is 39.0. The van der Waals surface area contributed by atoms with Gasteiger partial charge in [-0.05, 0) is 105 Å². The first-order chi connectivity index (χ1) is 32.5. The molecule has 4 nitrogen and oxygen atoms in total. The average Bonchev–Trinajstić information content (AvgIpc) is 3.70. The van der Waals surface area contributed by atoms with E-state index in [0.717, 1.165) is 83.9 Å². The van der Waals surface area contributed by atoms with Crippen molar-refractivity contribution in [1.82, 2.24) is 9.97 Å². The molecule has 12 rings (SSSR count). The van der Waals surface area contributed by atoms with Crippen molar-refractivity contribution in [2.24, 2.45) is 0 Å². The van der Waals surface area contributed by atoms with E-state index >= 15 is 0 Å². The third-order valence-corrected chi connectivity index (χ3v) is 13.0. The lowest BCUT2D eigenvalue weighted by molar-refractivity contribution is 0.360. The highest BCUT2D eigenvalue weighted by molar-refractivity contribution is 5.92. The van der Waals surface area contributed by atoms with Gasteiger partial charge in [0.15, 0.2) is 28.8 Å². The Bertz CT molecular complexity index is 3470. The van der Waals surface area contributed by atoms with Gasteiger partial charge in [-0.25, -0.2) is 9.97 Å². The van der Waals surface area contributed by atoms with Gasteiger partial charge in [0.1, 0.15) is 0 Å². The number of hydrogen-bond acceptors (Lipinski definition) is 4. The molecule has 0 amide bonds. The molecule has 2 heterocycles. The van der Waals surface area contributed by atoms with Crippen molar-refractivity contribution < 1.29 is 9.47 Å². The van der Waals surface area contributed by atoms with Gasteiger partial charge in [0.2, 0.25) is 0 Å². The standard InChI is InChI=1S/C62H42N2O2/c1-40(2)42-19-14-22-46(35-42)54-39-55(64-61(63-54)48-24-16-20-43(37-48)41-17-6-3-7-18-41)47-23-15-21-44(36-47)45-31-33-56-58(38-45)66-60-57(65-56)34-32-53-59(60)51-29-12-13-30-52(51)62(53,49-25-8-4-9-26-49)50-27-10-5-11-28-50/h3-39H,1H2,2H3. The lowest BCUT2D eigenvalue weighted by Gasteiger charge is -2.34. The maximum absolute atomic E-state index is 7.06. The van der Waals surface area contributed by atoms with Gasteiger partial charge >= 0.3 is 0 Å². The van der Waals surface area contributed by atoms with Gasteiger partial charge in [-0.15, -0.1) is 0 Å². The van der Waals surface area contributed by atoms with Crippen LogP contribution in [0.2, 0.25) is 0 Å². The summed E-state index contributed by atoms with van der Waals surface area (Å²) in [6.45, 7) is 6.24. The van der Waals surface area contributed by atoms with Crippen LogP contribution in [0.1, 0.15) is 34.7 Å². The Labute approximate surface area is 384 Å². The summed E-state index contributed by atoms with van der Waals surface area (Å²) in [6.07, 6.45) is 0. The highest BCUT2D eigenvalue weighted by Gasteiger charge is 2.48. The molecular weight excluding hydrogens is 805 g/mol. The van der Waals surface area contributed by atoms with E-state index in [1.54, 1.807) is 0 Å². The molecule has 0 fully saturated rings. The fourth-order valence-electron chi connectivity index (χ4n) is 9.89. The Morgan fingerprint density at radius 1 is 0.409 bits per heavy atom. The first-order valence-corrected chi connectivity index (χ1v) is 22.3. The molecule has 9 aromatic carbocycles. The van der Waals surface area contributed by atoms with Gasteiger partial charge in [0, 0.05) is 22.3 Å². The molecule has 0 saturated heterocycles. The van der Waals surface area contributed by atoms with Crippen molar-refractivity contribution in [3.63, 3.8) is 0 Å². The minimum atomic E-state index is -0.547. The molecule has 1 aromatic heterocycles. The SMILES string of the molecule is C=C(C)c1cccc(-c2cc(-c3cccc(-c4ccc5c(c4)Oc4c(ccc6c4-c4ccccc4C6(c4ccccc4)c4ccccc4)O5)c3)nc(-c3cccc(-c4ccccc4)c3)n2)c1. The smallest absolute Gasteiger partial charge is 0.178 e. The average molecular weight is 847 g/mol. The number of rotatable bonds is 8. The molecule has 0 spiro atoms. The Morgan fingerprint density at radius 3 is 1.67 bits per heavy atom. The van der Waals surface area contributed by atoms with Crippen LogP contribution < -0.4 is 9.47 Å². The van der Waals surface area contributed by atoms with Crippen LogP contribution in [-0.4, -0.2) is 9.97 Å². The predicted molar refractivity (Wildman–Crippen MR) is 268 cm³/mol. The second-order valence-electron chi connectivity index (χ2n) is 17.1. The molecule has 1 aliphatic heterocycles. The maximum Gasteiger partial charge on any atom is 0.178 e. The second kappa shape index (κ2) is 15.9. The summed E-state index contributed by atoms with van der Waals surface area (Å²) in [4.78, 5) is 10.4. The molecule has 0 saturated carbocycles. The van der Waals surface area contributed by atoms with E-state index in [-0.39, 0.29) is 0 Å². The molecule has 1 aliphatic carbocycles. The van der Waals surface area contributed by atoms with Crippen molar-refractivity contribution in [3.05, 3.63) is 259 Å². The van der Waals surface area contributed by atoms with Crippen LogP contribution in [0.5, 0.6) is 23.0 Å². The van der Waals surface area contributed by atoms with E-state index in [2.05, 4.69) is 219 Å². The van der Waals surface area contributed by atoms with Gasteiger partial charge in [0.25, 0.3) is 0 Å². The Hall–Kier alpha value is -8.60. The van der Waals surface area contributed by atoms with Crippen LogP contribution in [-0.2, 0) is 5.41 Å². The first-order valence-electron chi connectivity index (χ1n) is 22.3. The van der Waals surface area contributed by atoms with Crippen molar-refractivity contribution in [2.75, 3.05) is 0 Å². The third kappa shape index (κ3) is 6.53. The molecule has 312 valence electrons. The summed E-state index contributed by atoms with van der Waals surface area (Å²) in [6, 6.07) is 78.7. The summed E-state index contributed by atoms with van der Waals surface area (Å²) < 4.78 is 13.8. The number of hydrogen-bond donors (Lipinski definition) is 0. The van der Waals surface area contributed by atoms with Crippen LogP contribution in [0.25, 0.3) is 72.9 Å². The van der Waals surface area contributed by atoms with Crippen molar-refractivity contribution >= 4 is 5.57 Å². The number of aromatic nitrogens is 2. The largest absolute Gasteiger partial charge is 0.449 e. The lowest BCUT2D eigenvalue weighted by Crippen LogP contribution is -2.28. The monoisotopic (exact) mass is 846 g/mol. The minimum absolute atomic E-state index is 0.547. The molecule has 0 bridgehead atoms. The number of ether oxygens (including phenoxy) is 2. The molecule has 10 aromatic rings. The van der Waals surface area contributed by atoms with E-state index in [1.165, 1.54) is 16.7 Å².